The van der Waals surface area contributed by atoms with Gasteiger partial charge in [0, 0.05) is 32.8 Å². The van der Waals surface area contributed by atoms with Crippen LogP contribution < -0.4 is 5.32 Å². The Morgan fingerprint density at radius 3 is 1.60 bits per heavy atom. The van der Waals surface area contributed by atoms with Gasteiger partial charge in [-0.2, -0.15) is 4.99 Å². The monoisotopic (exact) mass is 641 g/mol. The number of nitrogens with zero attached hydrogens (tertiary/aromatic N) is 4. The summed E-state index contributed by atoms with van der Waals surface area (Å²) in [5.74, 6) is 1.44. The van der Waals surface area contributed by atoms with Crippen LogP contribution in [0.2, 0.25) is 0 Å². The Hall–Kier alpha value is -6.72. The number of amidine groups is 1. The van der Waals surface area contributed by atoms with Crippen molar-refractivity contribution in [1.29, 1.82) is 0 Å². The normalized spacial score (nSPS) is 14.6. The zero-order chi connectivity index (χ0) is 33.0. The molecule has 0 spiro atoms. The molecule has 1 atom stereocenters. The quantitative estimate of drug-likeness (QED) is 0.204. The van der Waals surface area contributed by atoms with Crippen molar-refractivity contribution < 1.29 is 0 Å². The van der Waals surface area contributed by atoms with Crippen LogP contribution in [0.1, 0.15) is 17.3 Å². The van der Waals surface area contributed by atoms with E-state index in [1.165, 1.54) is 38.2 Å². The lowest BCUT2D eigenvalue weighted by molar-refractivity contribution is 0.668. The summed E-state index contributed by atoms with van der Waals surface area (Å²) in [6, 6.07) is 62.0. The highest BCUT2D eigenvalue weighted by Crippen LogP contribution is 2.39. The molecule has 7 aromatic carbocycles. The number of fused-ring (bicyclic) bond motifs is 6. The van der Waals surface area contributed by atoms with Crippen LogP contribution in [0.15, 0.2) is 186 Å². The first kappa shape index (κ1) is 28.3. The molecule has 0 radical (unpaired) electrons. The van der Waals surface area contributed by atoms with Gasteiger partial charge in [0.1, 0.15) is 12.0 Å². The minimum absolute atomic E-state index is 0.335. The van der Waals surface area contributed by atoms with E-state index in [1.807, 2.05) is 24.3 Å². The van der Waals surface area contributed by atoms with Crippen molar-refractivity contribution in [2.75, 3.05) is 0 Å². The molecule has 1 aliphatic rings. The number of para-hydroxylation sites is 3. The van der Waals surface area contributed by atoms with Gasteiger partial charge in [-0.05, 0) is 53.1 Å². The zero-order valence-corrected chi connectivity index (χ0v) is 27.1. The molecule has 0 saturated carbocycles. The van der Waals surface area contributed by atoms with Gasteiger partial charge in [-0.1, -0.05) is 140 Å². The van der Waals surface area contributed by atoms with Crippen molar-refractivity contribution in [2.24, 2.45) is 9.98 Å². The molecule has 50 heavy (non-hydrogen) atoms. The zero-order valence-electron chi connectivity index (χ0n) is 27.1. The third-order valence-electron chi connectivity index (χ3n) is 9.79. The van der Waals surface area contributed by atoms with E-state index in [2.05, 4.69) is 166 Å². The first-order chi connectivity index (χ1) is 24.8. The second-order valence-electron chi connectivity index (χ2n) is 12.7. The minimum atomic E-state index is -0.335. The summed E-state index contributed by atoms with van der Waals surface area (Å²) >= 11 is 0. The second kappa shape index (κ2) is 11.5. The molecule has 236 valence electrons. The highest BCUT2D eigenvalue weighted by atomic mass is 15.3. The van der Waals surface area contributed by atoms with Crippen molar-refractivity contribution in [2.45, 2.75) is 6.17 Å². The van der Waals surface area contributed by atoms with Crippen LogP contribution in [0, 0.1) is 0 Å². The van der Waals surface area contributed by atoms with Crippen LogP contribution in [0.5, 0.6) is 0 Å². The number of rotatable bonds is 4. The first-order valence-electron chi connectivity index (χ1n) is 17.0. The van der Waals surface area contributed by atoms with Crippen molar-refractivity contribution >= 4 is 55.4 Å². The Morgan fingerprint density at radius 1 is 0.420 bits per heavy atom. The van der Waals surface area contributed by atoms with Crippen molar-refractivity contribution in [1.82, 2.24) is 14.5 Å². The fraction of sp³-hybridized carbons (Fsp3) is 0.0222. The van der Waals surface area contributed by atoms with Gasteiger partial charge in [0.25, 0.3) is 0 Å². The Bertz CT molecular complexity index is 2760. The van der Waals surface area contributed by atoms with Gasteiger partial charge in [-0.25, -0.2) is 4.99 Å². The lowest BCUT2D eigenvalue weighted by atomic mass is 10.0. The minimum Gasteiger partial charge on any atom is -0.344 e. The molecule has 0 saturated heterocycles. The summed E-state index contributed by atoms with van der Waals surface area (Å²) in [5, 5.41) is 8.45. The third-order valence-corrected chi connectivity index (χ3v) is 9.79. The second-order valence-corrected chi connectivity index (χ2v) is 12.7. The highest BCUT2D eigenvalue weighted by Gasteiger charge is 2.25. The summed E-state index contributed by atoms with van der Waals surface area (Å²) in [4.78, 5) is 10.6. The van der Waals surface area contributed by atoms with E-state index in [0.29, 0.717) is 5.96 Å². The van der Waals surface area contributed by atoms with Gasteiger partial charge in [0.2, 0.25) is 5.96 Å². The molecule has 0 amide bonds. The largest absolute Gasteiger partial charge is 0.344 e. The smallest absolute Gasteiger partial charge is 0.234 e. The topological polar surface area (TPSA) is 46.6 Å². The Kier molecular flexibility index (Phi) is 6.49. The number of nitrogens with one attached hydrogen (secondary N) is 1. The molecule has 0 bridgehead atoms. The maximum Gasteiger partial charge on any atom is 0.234 e. The third kappa shape index (κ3) is 4.55. The highest BCUT2D eigenvalue weighted by molar-refractivity contribution is 6.22. The van der Waals surface area contributed by atoms with E-state index >= 15 is 0 Å². The standard InChI is InChI=1S/C45H31N5/c1-4-14-30(15-5-1)31-24-26-33(27-25-31)44-46-43(32-16-6-2-7-17-32)47-45(48-44)50-40-23-13-11-21-36(40)38-28-37-35-20-10-12-22-39(35)49(41(37)29-42(38)50)34-18-8-3-9-19-34/h1-29,44H,(H,46,47,48). The van der Waals surface area contributed by atoms with E-state index < -0.39 is 0 Å². The number of hydrogen-bond donors (Lipinski definition) is 1. The summed E-state index contributed by atoms with van der Waals surface area (Å²) in [6.07, 6.45) is -0.335. The fourth-order valence-electron chi connectivity index (χ4n) is 7.44. The van der Waals surface area contributed by atoms with E-state index in [1.54, 1.807) is 0 Å². The van der Waals surface area contributed by atoms with Gasteiger partial charge < -0.3 is 9.88 Å². The molecule has 1 unspecified atom stereocenters. The van der Waals surface area contributed by atoms with Gasteiger partial charge in [0.05, 0.1) is 22.1 Å². The van der Waals surface area contributed by atoms with E-state index in [4.69, 9.17) is 9.98 Å². The molecule has 0 aliphatic carbocycles. The molecule has 5 heteroatoms. The van der Waals surface area contributed by atoms with Crippen molar-refractivity contribution in [3.05, 3.63) is 187 Å². The number of benzene rings is 7. The van der Waals surface area contributed by atoms with Gasteiger partial charge >= 0.3 is 0 Å². The summed E-state index contributed by atoms with van der Waals surface area (Å²) in [7, 11) is 0. The van der Waals surface area contributed by atoms with Crippen LogP contribution >= 0.6 is 0 Å². The molecule has 9 aromatic rings. The number of aromatic nitrogens is 2. The molecular weight excluding hydrogens is 611 g/mol. The first-order valence-corrected chi connectivity index (χ1v) is 17.0. The Labute approximate surface area is 289 Å². The van der Waals surface area contributed by atoms with E-state index in [0.717, 1.165) is 39.2 Å². The van der Waals surface area contributed by atoms with Crippen LogP contribution in [-0.4, -0.2) is 20.9 Å². The predicted molar refractivity (Wildman–Crippen MR) is 207 cm³/mol. The average Bonchev–Trinajstić information content (AvgIpc) is 3.70. The summed E-state index contributed by atoms with van der Waals surface area (Å²) < 4.78 is 4.61. The molecule has 10 rings (SSSR count). The maximum absolute atomic E-state index is 5.35. The lowest BCUT2D eigenvalue weighted by Gasteiger charge is -2.24. The Morgan fingerprint density at radius 2 is 0.940 bits per heavy atom. The van der Waals surface area contributed by atoms with Crippen LogP contribution in [0.4, 0.5) is 0 Å². The summed E-state index contributed by atoms with van der Waals surface area (Å²) in [5.41, 5.74) is 10.0. The maximum atomic E-state index is 5.35. The van der Waals surface area contributed by atoms with Gasteiger partial charge in [-0.15, -0.1) is 0 Å². The van der Waals surface area contributed by atoms with E-state index in [-0.39, 0.29) is 6.17 Å². The van der Waals surface area contributed by atoms with E-state index in [9.17, 15) is 0 Å². The van der Waals surface area contributed by atoms with Crippen LogP contribution in [0.3, 0.4) is 0 Å². The molecule has 1 N–H and O–H groups in total. The predicted octanol–water partition coefficient (Wildman–Crippen LogP) is 10.5. The van der Waals surface area contributed by atoms with Crippen LogP contribution in [0.25, 0.3) is 60.4 Å². The average molecular weight is 642 g/mol. The fourth-order valence-corrected chi connectivity index (χ4v) is 7.44. The molecular formula is C45H31N5. The number of aliphatic imine (C=N–C) groups is 2. The van der Waals surface area contributed by atoms with Gasteiger partial charge in [0.15, 0.2) is 0 Å². The molecule has 0 fully saturated rings. The van der Waals surface area contributed by atoms with Crippen molar-refractivity contribution in [3.63, 3.8) is 0 Å². The Balaban J connectivity index is 1.22. The number of hydrogen-bond acceptors (Lipinski definition) is 3. The molecule has 1 aliphatic heterocycles. The van der Waals surface area contributed by atoms with Gasteiger partial charge in [-0.3, -0.25) is 4.57 Å². The molecule has 3 heterocycles. The molecule has 5 nitrogen and oxygen atoms in total. The van der Waals surface area contributed by atoms with Crippen LogP contribution in [-0.2, 0) is 0 Å². The SMILES string of the molecule is c1ccc(C2=NC(n3c4ccccc4c4cc5c6ccccc6n(-c6ccccc6)c5cc43)=NC(c3ccc(-c4ccccc4)cc3)N2)cc1. The molecule has 2 aromatic heterocycles. The van der Waals surface area contributed by atoms with Crippen molar-refractivity contribution in [3.8, 4) is 16.8 Å². The summed E-state index contributed by atoms with van der Waals surface area (Å²) in [6.45, 7) is 0. The lowest BCUT2D eigenvalue weighted by Crippen LogP contribution is -2.35.